The van der Waals surface area contributed by atoms with Crippen molar-refractivity contribution in [1.29, 1.82) is 0 Å². The summed E-state index contributed by atoms with van der Waals surface area (Å²) in [4.78, 5) is 13.0. The molecule has 0 saturated carbocycles. The molecule has 0 saturated heterocycles. The Labute approximate surface area is 77.9 Å². The van der Waals surface area contributed by atoms with Gasteiger partial charge >= 0.3 is 0 Å². The zero-order valence-electron chi connectivity index (χ0n) is 7.53. The minimum absolute atomic E-state index is 0.124. The number of aryl methyl sites for hydroxylation is 1. The molecule has 66 valence electrons. The van der Waals surface area contributed by atoms with E-state index in [1.54, 1.807) is 22.7 Å². The first-order chi connectivity index (χ1) is 6.18. The molecule has 1 aliphatic heterocycles. The Morgan fingerprint density at radius 1 is 1.62 bits per heavy atom. The summed E-state index contributed by atoms with van der Waals surface area (Å²) in [5.74, 6) is 0.915. The van der Waals surface area contributed by atoms with Crippen LogP contribution in [0.3, 0.4) is 0 Å². The van der Waals surface area contributed by atoms with Gasteiger partial charge in [-0.1, -0.05) is 0 Å². The second-order valence-electron chi connectivity index (χ2n) is 3.21. The number of amides is 1. The van der Waals surface area contributed by atoms with Gasteiger partial charge in [-0.25, -0.2) is 4.68 Å². The summed E-state index contributed by atoms with van der Waals surface area (Å²) >= 11 is 0. The molecule has 5 heteroatoms. The van der Waals surface area contributed by atoms with Gasteiger partial charge in [-0.05, 0) is 12.5 Å². The molecule has 0 aromatic carbocycles. The predicted molar refractivity (Wildman–Crippen MR) is 50.3 cm³/mol. The lowest BCUT2D eigenvalue weighted by molar-refractivity contribution is -0.118. The van der Waals surface area contributed by atoms with E-state index in [1.165, 1.54) is 0 Å². The van der Waals surface area contributed by atoms with Gasteiger partial charge in [-0.15, -0.1) is 0 Å². The van der Waals surface area contributed by atoms with Crippen LogP contribution in [0, 0.1) is 0 Å². The van der Waals surface area contributed by atoms with Crippen molar-refractivity contribution in [2.45, 2.75) is 19.4 Å². The third-order valence-corrected chi connectivity index (χ3v) is 2.26. The highest BCUT2D eigenvalue weighted by atomic mass is 16.2. The number of fused-ring (bicyclic) bond motifs is 1. The Morgan fingerprint density at radius 2 is 2.38 bits per heavy atom. The van der Waals surface area contributed by atoms with Crippen molar-refractivity contribution >= 4 is 25.2 Å². The number of anilines is 1. The summed E-state index contributed by atoms with van der Waals surface area (Å²) in [6.07, 6.45) is 1.41. The largest absolute Gasteiger partial charge is 0.300 e. The van der Waals surface area contributed by atoms with Gasteiger partial charge in [-0.3, -0.25) is 4.79 Å². The van der Waals surface area contributed by atoms with Crippen molar-refractivity contribution in [2.24, 2.45) is 0 Å². The normalized spacial score (nSPS) is 17.0. The van der Waals surface area contributed by atoms with Crippen LogP contribution < -0.4 is 10.5 Å². The van der Waals surface area contributed by atoms with Crippen LogP contribution in [-0.2, 0) is 11.3 Å². The Kier molecular flexibility index (Phi) is 1.86. The topological polar surface area (TPSA) is 38.1 Å². The second kappa shape index (κ2) is 2.90. The van der Waals surface area contributed by atoms with Gasteiger partial charge in [0.1, 0.15) is 13.7 Å². The Balaban J connectivity index is 2.44. The highest BCUT2D eigenvalue weighted by Crippen LogP contribution is 2.16. The fourth-order valence-electron chi connectivity index (χ4n) is 1.54. The van der Waals surface area contributed by atoms with Gasteiger partial charge in [0, 0.05) is 25.6 Å². The first-order valence-corrected chi connectivity index (χ1v) is 4.28. The van der Waals surface area contributed by atoms with Crippen LogP contribution in [0.25, 0.3) is 0 Å². The molecule has 0 atom stereocenters. The quantitative estimate of drug-likeness (QED) is 0.495. The van der Waals surface area contributed by atoms with E-state index in [-0.39, 0.29) is 5.91 Å². The van der Waals surface area contributed by atoms with E-state index >= 15 is 0 Å². The molecular weight excluding hydrogens is 165 g/mol. The summed E-state index contributed by atoms with van der Waals surface area (Å²) in [5.41, 5.74) is 0.469. The number of hydrogen-bond acceptors (Lipinski definition) is 2. The van der Waals surface area contributed by atoms with Crippen molar-refractivity contribution < 1.29 is 4.79 Å². The molecule has 2 heterocycles. The van der Waals surface area contributed by atoms with Crippen LogP contribution in [0.15, 0.2) is 6.07 Å². The van der Waals surface area contributed by atoms with Gasteiger partial charge in [0.25, 0.3) is 0 Å². The molecule has 4 nitrogen and oxygen atoms in total. The molecule has 1 amide bonds. The second-order valence-corrected chi connectivity index (χ2v) is 3.21. The fourth-order valence-corrected chi connectivity index (χ4v) is 1.54. The lowest BCUT2D eigenvalue weighted by Crippen LogP contribution is -2.25. The van der Waals surface area contributed by atoms with Crippen molar-refractivity contribution in [2.75, 3.05) is 11.9 Å². The molecule has 13 heavy (non-hydrogen) atoms. The van der Waals surface area contributed by atoms with Gasteiger partial charge in [0.15, 0.2) is 0 Å². The lowest BCUT2D eigenvalue weighted by atomic mass is 10.1. The first kappa shape index (κ1) is 8.35. The molecule has 0 bridgehead atoms. The van der Waals surface area contributed by atoms with E-state index in [9.17, 15) is 4.79 Å². The number of hydrogen-bond donors (Lipinski definition) is 0. The Bertz CT molecular complexity index is 347. The molecular formula is C8H10BN3O. The van der Waals surface area contributed by atoms with Gasteiger partial charge in [0.2, 0.25) is 5.91 Å². The van der Waals surface area contributed by atoms with Crippen molar-refractivity contribution in [3.05, 3.63) is 6.07 Å². The summed E-state index contributed by atoms with van der Waals surface area (Å²) in [7, 11) is 7.30. The maximum absolute atomic E-state index is 11.4. The number of aromatic nitrogens is 2. The van der Waals surface area contributed by atoms with E-state index in [1.807, 2.05) is 0 Å². The Morgan fingerprint density at radius 3 is 3.15 bits per heavy atom. The predicted octanol–water partition coefficient (Wildman–Crippen LogP) is -0.567. The summed E-state index contributed by atoms with van der Waals surface area (Å²) in [6.45, 7) is 0.766. The highest BCUT2D eigenvalue weighted by molar-refractivity contribution is 6.31. The number of rotatable bonds is 0. The van der Waals surface area contributed by atoms with Gasteiger partial charge < -0.3 is 4.90 Å². The molecule has 0 spiro atoms. The summed E-state index contributed by atoms with van der Waals surface area (Å²) in [6, 6.07) is 1.73. The molecule has 2 radical (unpaired) electrons. The maximum atomic E-state index is 11.4. The minimum Gasteiger partial charge on any atom is -0.300 e. The van der Waals surface area contributed by atoms with Crippen LogP contribution >= 0.6 is 0 Å². The van der Waals surface area contributed by atoms with Crippen LogP contribution in [0.2, 0.25) is 0 Å². The number of nitrogens with zero attached hydrogens (tertiary/aromatic N) is 3. The zero-order valence-corrected chi connectivity index (χ0v) is 7.53. The van der Waals surface area contributed by atoms with Crippen molar-refractivity contribution in [1.82, 2.24) is 9.78 Å². The van der Waals surface area contributed by atoms with E-state index in [0.717, 1.165) is 18.8 Å². The van der Waals surface area contributed by atoms with Crippen molar-refractivity contribution in [3.63, 3.8) is 0 Å². The number of carbonyl (C=O) groups is 1. The minimum atomic E-state index is 0.124. The molecule has 0 unspecified atom stereocenters. The molecule has 0 fully saturated rings. The SMILES string of the molecule is [B]c1cc2n(n1)CCCC(=O)N2C. The molecule has 1 aliphatic rings. The molecule has 2 rings (SSSR count). The van der Waals surface area contributed by atoms with Crippen LogP contribution in [0.5, 0.6) is 0 Å². The fraction of sp³-hybridized carbons (Fsp3) is 0.500. The van der Waals surface area contributed by atoms with E-state index in [4.69, 9.17) is 7.85 Å². The first-order valence-electron chi connectivity index (χ1n) is 4.28. The average molecular weight is 175 g/mol. The molecule has 0 N–H and O–H groups in total. The van der Waals surface area contributed by atoms with Gasteiger partial charge in [0.05, 0.1) is 0 Å². The monoisotopic (exact) mass is 175 g/mol. The molecule has 0 aliphatic carbocycles. The van der Waals surface area contributed by atoms with E-state index in [0.29, 0.717) is 12.0 Å². The third-order valence-electron chi connectivity index (χ3n) is 2.26. The maximum Gasteiger partial charge on any atom is 0.227 e. The average Bonchev–Trinajstić information content (AvgIpc) is 2.40. The smallest absolute Gasteiger partial charge is 0.227 e. The third kappa shape index (κ3) is 1.34. The van der Waals surface area contributed by atoms with E-state index in [2.05, 4.69) is 5.10 Å². The summed E-state index contributed by atoms with van der Waals surface area (Å²) in [5, 5.41) is 4.10. The van der Waals surface area contributed by atoms with Crippen molar-refractivity contribution in [3.8, 4) is 0 Å². The van der Waals surface area contributed by atoms with Gasteiger partial charge in [-0.2, -0.15) is 5.10 Å². The van der Waals surface area contributed by atoms with Crippen LogP contribution in [0.4, 0.5) is 5.82 Å². The van der Waals surface area contributed by atoms with Crippen LogP contribution in [-0.4, -0.2) is 30.6 Å². The van der Waals surface area contributed by atoms with E-state index < -0.39 is 0 Å². The number of carbonyl (C=O) groups excluding carboxylic acids is 1. The molecule has 1 aromatic rings. The zero-order chi connectivity index (χ0) is 9.42. The highest BCUT2D eigenvalue weighted by Gasteiger charge is 2.19. The lowest BCUT2D eigenvalue weighted by Gasteiger charge is -2.13. The Hall–Kier alpha value is -1.26. The molecule has 1 aromatic heterocycles. The summed E-state index contributed by atoms with van der Waals surface area (Å²) < 4.78 is 1.78. The standard InChI is InChI=1S/C8H10BN3O/c1-11-7-5-6(9)10-12(7)4-2-3-8(11)13/h5H,2-4H2,1H3. The van der Waals surface area contributed by atoms with Crippen LogP contribution in [0.1, 0.15) is 12.8 Å².